The molecule has 0 bridgehead atoms. The van der Waals surface area contributed by atoms with Gasteiger partial charge >= 0.3 is 5.97 Å². The third-order valence-electron chi connectivity index (χ3n) is 6.74. The second kappa shape index (κ2) is 11.5. The average molecular weight is 456 g/mol. The molecule has 3 rings (SSSR count). The lowest BCUT2D eigenvalue weighted by Crippen LogP contribution is -2.16. The zero-order valence-electron chi connectivity index (χ0n) is 20.8. The highest BCUT2D eigenvalue weighted by molar-refractivity contribution is 5.71. The Bertz CT molecular complexity index is 971. The number of nitrogens with zero attached hydrogens (tertiary/aromatic N) is 1. The minimum atomic E-state index is -0.390. The highest BCUT2D eigenvalue weighted by Crippen LogP contribution is 2.39. The number of ether oxygens (including phenoxy) is 4. The van der Waals surface area contributed by atoms with E-state index >= 15 is 0 Å². The molecule has 0 N–H and O–H groups in total. The molecule has 1 aliphatic carbocycles. The quantitative estimate of drug-likeness (QED) is 0.371. The van der Waals surface area contributed by atoms with Crippen LogP contribution in [-0.2, 0) is 20.7 Å². The van der Waals surface area contributed by atoms with Crippen LogP contribution in [0.5, 0.6) is 11.5 Å². The molecule has 1 fully saturated rings. The monoisotopic (exact) mass is 455 g/mol. The summed E-state index contributed by atoms with van der Waals surface area (Å²) < 4.78 is 21.4. The zero-order chi connectivity index (χ0) is 24.0. The average Bonchev–Trinajstić information content (AvgIpc) is 2.82. The summed E-state index contributed by atoms with van der Waals surface area (Å²) in [4.78, 5) is 16.6. The van der Waals surface area contributed by atoms with Crippen LogP contribution in [0.15, 0.2) is 18.2 Å². The smallest absolute Gasteiger partial charge is 0.343 e. The van der Waals surface area contributed by atoms with Gasteiger partial charge in [-0.3, -0.25) is 4.98 Å². The molecule has 6 nitrogen and oxygen atoms in total. The van der Waals surface area contributed by atoms with Crippen LogP contribution >= 0.6 is 0 Å². The molecule has 0 spiro atoms. The lowest BCUT2D eigenvalue weighted by molar-refractivity contribution is -0.142. The van der Waals surface area contributed by atoms with Gasteiger partial charge in [0, 0.05) is 25.1 Å². The SMILES string of the molecule is COCOc1ccc(Cc2c(C)cc(OCC(=O)OC)c(C)c2C)nc1C1CCCC(C)C1. The van der Waals surface area contributed by atoms with Crippen LogP contribution in [0.4, 0.5) is 0 Å². The number of esters is 1. The van der Waals surface area contributed by atoms with E-state index in [1.165, 1.54) is 25.5 Å². The van der Waals surface area contributed by atoms with Gasteiger partial charge in [0.2, 0.25) is 0 Å². The first kappa shape index (κ1) is 25.0. The first-order valence-electron chi connectivity index (χ1n) is 11.7. The molecule has 1 aromatic heterocycles. The van der Waals surface area contributed by atoms with Crippen LogP contribution in [0.2, 0.25) is 0 Å². The van der Waals surface area contributed by atoms with Crippen molar-refractivity contribution in [3.63, 3.8) is 0 Å². The van der Waals surface area contributed by atoms with Crippen molar-refractivity contribution in [3.8, 4) is 11.5 Å². The highest BCUT2D eigenvalue weighted by atomic mass is 16.7. The van der Waals surface area contributed by atoms with E-state index in [2.05, 4.69) is 31.6 Å². The molecule has 2 aromatic rings. The maximum atomic E-state index is 11.5. The predicted octanol–water partition coefficient (Wildman–Crippen LogP) is 5.43. The molecule has 0 amide bonds. The molecule has 0 aliphatic heterocycles. The molecule has 1 aliphatic rings. The van der Waals surface area contributed by atoms with Gasteiger partial charge in [-0.15, -0.1) is 0 Å². The molecule has 2 atom stereocenters. The summed E-state index contributed by atoms with van der Waals surface area (Å²) in [6.45, 7) is 8.65. The number of hydrogen-bond donors (Lipinski definition) is 0. The number of methoxy groups -OCH3 is 2. The molecule has 0 saturated heterocycles. The van der Waals surface area contributed by atoms with E-state index in [1.54, 1.807) is 7.11 Å². The lowest BCUT2D eigenvalue weighted by Gasteiger charge is -2.28. The highest BCUT2D eigenvalue weighted by Gasteiger charge is 2.25. The van der Waals surface area contributed by atoms with Gasteiger partial charge in [-0.25, -0.2) is 4.79 Å². The first-order chi connectivity index (χ1) is 15.8. The number of pyridine rings is 1. The van der Waals surface area contributed by atoms with E-state index in [1.807, 2.05) is 19.1 Å². The summed E-state index contributed by atoms with van der Waals surface area (Å²) in [7, 11) is 3.00. The summed E-state index contributed by atoms with van der Waals surface area (Å²) in [5, 5.41) is 0. The van der Waals surface area contributed by atoms with Crippen molar-refractivity contribution < 1.29 is 23.7 Å². The fourth-order valence-electron chi connectivity index (χ4n) is 4.72. The number of benzene rings is 1. The number of carbonyl (C=O) groups is 1. The molecule has 6 heteroatoms. The van der Waals surface area contributed by atoms with Gasteiger partial charge < -0.3 is 18.9 Å². The minimum absolute atomic E-state index is 0.0940. The third-order valence-corrected chi connectivity index (χ3v) is 6.74. The fourth-order valence-corrected chi connectivity index (χ4v) is 4.72. The zero-order valence-corrected chi connectivity index (χ0v) is 20.8. The first-order valence-corrected chi connectivity index (χ1v) is 11.7. The Labute approximate surface area is 197 Å². The van der Waals surface area contributed by atoms with Crippen molar-refractivity contribution in [2.24, 2.45) is 5.92 Å². The third kappa shape index (κ3) is 6.26. The number of rotatable bonds is 9. The summed E-state index contributed by atoms with van der Waals surface area (Å²) in [6.07, 6.45) is 5.53. The van der Waals surface area contributed by atoms with Gasteiger partial charge in [0.15, 0.2) is 13.4 Å². The molecular weight excluding hydrogens is 418 g/mol. The normalized spacial score (nSPS) is 18.1. The maximum absolute atomic E-state index is 11.5. The van der Waals surface area contributed by atoms with Crippen LogP contribution < -0.4 is 9.47 Å². The Morgan fingerprint density at radius 3 is 2.55 bits per heavy atom. The van der Waals surface area contributed by atoms with Crippen molar-refractivity contribution in [2.45, 2.75) is 65.7 Å². The lowest BCUT2D eigenvalue weighted by atomic mass is 9.80. The molecule has 33 heavy (non-hydrogen) atoms. The molecular formula is C27H37NO5. The van der Waals surface area contributed by atoms with E-state index < -0.39 is 5.97 Å². The van der Waals surface area contributed by atoms with E-state index in [-0.39, 0.29) is 13.4 Å². The van der Waals surface area contributed by atoms with Crippen molar-refractivity contribution in [1.82, 2.24) is 4.98 Å². The van der Waals surface area contributed by atoms with Gasteiger partial charge in [0.25, 0.3) is 0 Å². The van der Waals surface area contributed by atoms with Crippen molar-refractivity contribution in [2.75, 3.05) is 27.6 Å². The second-order valence-corrected chi connectivity index (χ2v) is 9.17. The number of hydrogen-bond acceptors (Lipinski definition) is 6. The summed E-state index contributed by atoms with van der Waals surface area (Å²) in [5.41, 5.74) is 6.62. The van der Waals surface area contributed by atoms with Gasteiger partial charge in [-0.1, -0.05) is 19.8 Å². The Balaban J connectivity index is 1.88. The standard InChI is InChI=1S/C27H37NO5/c1-17-8-7-9-21(12-17)27-24(33-16-30-5)11-10-22(28-27)14-23-18(2)13-25(20(4)19(23)3)32-15-26(29)31-6/h10-11,13,17,21H,7-9,12,14-16H2,1-6H3. The van der Waals surface area contributed by atoms with E-state index in [0.717, 1.165) is 53.1 Å². The molecule has 1 heterocycles. The minimum Gasteiger partial charge on any atom is -0.482 e. The van der Waals surface area contributed by atoms with Gasteiger partial charge in [0.05, 0.1) is 12.8 Å². The van der Waals surface area contributed by atoms with Crippen LogP contribution in [-0.4, -0.2) is 38.6 Å². The molecule has 2 unspecified atom stereocenters. The largest absolute Gasteiger partial charge is 0.482 e. The van der Waals surface area contributed by atoms with Gasteiger partial charge in [-0.2, -0.15) is 0 Å². The Morgan fingerprint density at radius 1 is 1.06 bits per heavy atom. The van der Waals surface area contributed by atoms with Crippen LogP contribution in [0.1, 0.15) is 72.2 Å². The van der Waals surface area contributed by atoms with Crippen LogP contribution in [0.3, 0.4) is 0 Å². The van der Waals surface area contributed by atoms with Crippen LogP contribution in [0.25, 0.3) is 0 Å². The van der Waals surface area contributed by atoms with Crippen LogP contribution in [0, 0.1) is 26.7 Å². The Morgan fingerprint density at radius 2 is 1.85 bits per heavy atom. The summed E-state index contributed by atoms with van der Waals surface area (Å²) in [6, 6.07) is 6.10. The molecule has 1 saturated carbocycles. The van der Waals surface area contributed by atoms with Crippen molar-refractivity contribution in [1.29, 1.82) is 0 Å². The van der Waals surface area contributed by atoms with Gasteiger partial charge in [0.1, 0.15) is 11.5 Å². The molecule has 1 aromatic carbocycles. The predicted molar refractivity (Wildman–Crippen MR) is 128 cm³/mol. The Hall–Kier alpha value is -2.60. The summed E-state index contributed by atoms with van der Waals surface area (Å²) in [5.74, 6) is 2.27. The topological polar surface area (TPSA) is 66.9 Å². The number of aromatic nitrogens is 1. The molecule has 180 valence electrons. The van der Waals surface area contributed by atoms with E-state index in [9.17, 15) is 4.79 Å². The van der Waals surface area contributed by atoms with Gasteiger partial charge in [-0.05, 0) is 80.0 Å². The summed E-state index contributed by atoms with van der Waals surface area (Å²) >= 11 is 0. The fraction of sp³-hybridized carbons (Fsp3) is 0.556. The van der Waals surface area contributed by atoms with E-state index in [0.29, 0.717) is 17.6 Å². The maximum Gasteiger partial charge on any atom is 0.343 e. The second-order valence-electron chi connectivity index (χ2n) is 9.17. The van der Waals surface area contributed by atoms with E-state index in [4.69, 9.17) is 19.2 Å². The number of carbonyl (C=O) groups excluding carboxylic acids is 1. The number of aryl methyl sites for hydroxylation is 1. The van der Waals surface area contributed by atoms with Crippen molar-refractivity contribution in [3.05, 3.63) is 51.8 Å². The molecule has 0 radical (unpaired) electrons. The van der Waals surface area contributed by atoms with Crippen molar-refractivity contribution >= 4 is 5.97 Å². The Kier molecular flexibility index (Phi) is 8.73.